The van der Waals surface area contributed by atoms with Gasteiger partial charge in [-0.3, -0.25) is 5.10 Å². The van der Waals surface area contributed by atoms with Crippen molar-refractivity contribution < 1.29 is 14.2 Å². The van der Waals surface area contributed by atoms with Gasteiger partial charge in [-0.1, -0.05) is 0 Å². The van der Waals surface area contributed by atoms with E-state index in [0.717, 1.165) is 70.9 Å². The third-order valence-electron chi connectivity index (χ3n) is 6.04. The Morgan fingerprint density at radius 2 is 1.94 bits per heavy atom. The Kier molecular flexibility index (Phi) is 5.00. The summed E-state index contributed by atoms with van der Waals surface area (Å²) in [6, 6.07) is 12.2. The van der Waals surface area contributed by atoms with Crippen molar-refractivity contribution in [2.45, 2.75) is 32.0 Å². The van der Waals surface area contributed by atoms with Crippen LogP contribution in [0.25, 0.3) is 33.5 Å². The lowest BCUT2D eigenvalue weighted by Gasteiger charge is -2.23. The first-order chi connectivity index (χ1) is 16.2. The van der Waals surface area contributed by atoms with Crippen LogP contribution in [0.15, 0.2) is 36.4 Å². The highest BCUT2D eigenvalue weighted by Crippen LogP contribution is 2.39. The highest BCUT2D eigenvalue weighted by molar-refractivity contribution is 5.96. The van der Waals surface area contributed by atoms with Crippen LogP contribution in [0.5, 0.6) is 11.5 Å². The molecule has 9 nitrogen and oxygen atoms in total. The summed E-state index contributed by atoms with van der Waals surface area (Å²) in [6.07, 6.45) is 3.11. The van der Waals surface area contributed by atoms with Gasteiger partial charge in [-0.2, -0.15) is 10.2 Å². The van der Waals surface area contributed by atoms with Gasteiger partial charge in [-0.05, 0) is 69.8 Å². The standard InChI is InChI=1S/C24H26N6O3/c1-29(2)13-21-25-24(27-26-21)16-6-8-18-17(11-16)23(28-30(18)22-5-3-4-10-31-22)15-7-9-19-20(12-15)33-14-32-19/h6-9,11-12,22H,3-5,10,13-14H2,1-2H3,(H,25,26,27). The number of fused-ring (bicyclic) bond motifs is 2. The first-order valence-corrected chi connectivity index (χ1v) is 11.3. The molecule has 2 aliphatic rings. The van der Waals surface area contributed by atoms with Crippen LogP contribution in [-0.4, -0.2) is 57.4 Å². The lowest BCUT2D eigenvalue weighted by atomic mass is 10.0. The second kappa shape index (κ2) is 8.17. The van der Waals surface area contributed by atoms with Crippen LogP contribution in [0.3, 0.4) is 0 Å². The van der Waals surface area contributed by atoms with Crippen molar-refractivity contribution in [3.8, 4) is 34.1 Å². The molecule has 0 amide bonds. The lowest BCUT2D eigenvalue weighted by molar-refractivity contribution is -0.0365. The monoisotopic (exact) mass is 446 g/mol. The maximum atomic E-state index is 6.07. The third-order valence-corrected chi connectivity index (χ3v) is 6.04. The molecule has 1 saturated heterocycles. The Labute approximate surface area is 191 Å². The average Bonchev–Trinajstić information content (AvgIpc) is 3.56. The van der Waals surface area contributed by atoms with Crippen molar-refractivity contribution in [2.24, 2.45) is 0 Å². The predicted molar refractivity (Wildman–Crippen MR) is 123 cm³/mol. The fraction of sp³-hybridized carbons (Fsp3) is 0.375. The highest BCUT2D eigenvalue weighted by Gasteiger charge is 2.24. The van der Waals surface area contributed by atoms with E-state index in [9.17, 15) is 0 Å². The Bertz CT molecular complexity index is 1310. The second-order valence-electron chi connectivity index (χ2n) is 8.76. The molecular weight excluding hydrogens is 420 g/mol. The smallest absolute Gasteiger partial charge is 0.231 e. The van der Waals surface area contributed by atoms with Crippen molar-refractivity contribution in [3.63, 3.8) is 0 Å². The fourth-order valence-electron chi connectivity index (χ4n) is 4.47. The van der Waals surface area contributed by atoms with Gasteiger partial charge >= 0.3 is 0 Å². The summed E-state index contributed by atoms with van der Waals surface area (Å²) < 4.78 is 19.2. The maximum Gasteiger partial charge on any atom is 0.231 e. The van der Waals surface area contributed by atoms with E-state index in [1.54, 1.807) is 0 Å². The van der Waals surface area contributed by atoms with Gasteiger partial charge in [-0.25, -0.2) is 9.67 Å². The number of hydrogen-bond acceptors (Lipinski definition) is 7. The summed E-state index contributed by atoms with van der Waals surface area (Å²) in [5, 5.41) is 13.5. The number of benzene rings is 2. The quantitative estimate of drug-likeness (QED) is 0.496. The van der Waals surface area contributed by atoms with Gasteiger partial charge in [0.1, 0.15) is 11.5 Å². The number of nitrogens with one attached hydrogen (secondary N) is 1. The zero-order valence-electron chi connectivity index (χ0n) is 18.7. The molecule has 0 aliphatic carbocycles. The Hall–Kier alpha value is -3.43. The summed E-state index contributed by atoms with van der Waals surface area (Å²) in [6.45, 7) is 1.71. The second-order valence-corrected chi connectivity index (χ2v) is 8.76. The Morgan fingerprint density at radius 3 is 2.79 bits per heavy atom. The van der Waals surface area contributed by atoms with E-state index in [2.05, 4.69) is 38.3 Å². The van der Waals surface area contributed by atoms with Gasteiger partial charge in [0, 0.05) is 23.1 Å². The molecule has 0 radical (unpaired) electrons. The molecule has 1 fully saturated rings. The maximum absolute atomic E-state index is 6.07. The summed E-state index contributed by atoms with van der Waals surface area (Å²) in [5.41, 5.74) is 3.82. The zero-order chi connectivity index (χ0) is 22.4. The van der Waals surface area contributed by atoms with E-state index < -0.39 is 0 Å². The molecule has 6 rings (SSSR count). The van der Waals surface area contributed by atoms with Crippen molar-refractivity contribution in [3.05, 3.63) is 42.2 Å². The first-order valence-electron chi connectivity index (χ1n) is 11.3. The van der Waals surface area contributed by atoms with Gasteiger partial charge in [0.05, 0.1) is 12.1 Å². The Balaban J connectivity index is 1.47. The number of nitrogens with zero attached hydrogens (tertiary/aromatic N) is 5. The third kappa shape index (κ3) is 3.73. The molecule has 0 bridgehead atoms. The molecule has 170 valence electrons. The molecule has 1 N–H and O–H groups in total. The van der Waals surface area contributed by atoms with E-state index in [1.165, 1.54) is 0 Å². The molecule has 1 atom stereocenters. The SMILES string of the molecule is CN(C)Cc1nc(-c2ccc3c(c2)c(-c2ccc4c(c2)OCO4)nn3C2CCCCO2)n[nH]1. The van der Waals surface area contributed by atoms with Crippen LogP contribution in [0.4, 0.5) is 0 Å². The van der Waals surface area contributed by atoms with Gasteiger partial charge in [0.25, 0.3) is 0 Å². The minimum Gasteiger partial charge on any atom is -0.454 e. The molecule has 0 saturated carbocycles. The van der Waals surface area contributed by atoms with Crippen LogP contribution in [0.2, 0.25) is 0 Å². The number of hydrogen-bond donors (Lipinski definition) is 1. The summed E-state index contributed by atoms with van der Waals surface area (Å²) in [7, 11) is 4.02. The van der Waals surface area contributed by atoms with Crippen LogP contribution in [-0.2, 0) is 11.3 Å². The number of aromatic nitrogens is 5. The molecule has 4 aromatic rings. The topological polar surface area (TPSA) is 90.3 Å². The van der Waals surface area contributed by atoms with Crippen molar-refractivity contribution in [1.82, 2.24) is 29.9 Å². The normalized spacial score (nSPS) is 17.8. The molecule has 4 heterocycles. The van der Waals surface area contributed by atoms with Crippen LogP contribution >= 0.6 is 0 Å². The van der Waals surface area contributed by atoms with Crippen molar-refractivity contribution in [1.29, 1.82) is 0 Å². The molecule has 2 aromatic heterocycles. The molecule has 0 spiro atoms. The number of ether oxygens (including phenoxy) is 3. The number of H-pyrrole nitrogens is 1. The van der Waals surface area contributed by atoms with E-state index in [1.807, 2.05) is 37.0 Å². The van der Waals surface area contributed by atoms with E-state index in [-0.39, 0.29) is 13.0 Å². The molecular formula is C24H26N6O3. The molecule has 2 aliphatic heterocycles. The van der Waals surface area contributed by atoms with Crippen molar-refractivity contribution >= 4 is 10.9 Å². The molecule has 1 unspecified atom stereocenters. The van der Waals surface area contributed by atoms with Gasteiger partial charge in [0.2, 0.25) is 6.79 Å². The summed E-state index contributed by atoms with van der Waals surface area (Å²) in [5.74, 6) is 3.00. The van der Waals surface area contributed by atoms with E-state index in [4.69, 9.17) is 19.3 Å². The number of aromatic amines is 1. The number of rotatable bonds is 5. The van der Waals surface area contributed by atoms with Crippen LogP contribution < -0.4 is 9.47 Å². The minimum absolute atomic E-state index is 0.0648. The van der Waals surface area contributed by atoms with Crippen LogP contribution in [0.1, 0.15) is 31.3 Å². The first kappa shape index (κ1) is 20.2. The minimum atomic E-state index is -0.0648. The molecule has 33 heavy (non-hydrogen) atoms. The Morgan fingerprint density at radius 1 is 1.06 bits per heavy atom. The highest BCUT2D eigenvalue weighted by atomic mass is 16.7. The lowest BCUT2D eigenvalue weighted by Crippen LogP contribution is -2.19. The summed E-state index contributed by atoms with van der Waals surface area (Å²) >= 11 is 0. The zero-order valence-corrected chi connectivity index (χ0v) is 18.7. The van der Waals surface area contributed by atoms with Crippen molar-refractivity contribution in [2.75, 3.05) is 27.5 Å². The van der Waals surface area contributed by atoms with E-state index >= 15 is 0 Å². The molecule has 2 aromatic carbocycles. The molecule has 9 heteroatoms. The largest absolute Gasteiger partial charge is 0.454 e. The predicted octanol–water partition coefficient (Wildman–Crippen LogP) is 3.98. The van der Waals surface area contributed by atoms with Gasteiger partial charge < -0.3 is 19.1 Å². The average molecular weight is 447 g/mol. The van der Waals surface area contributed by atoms with E-state index in [0.29, 0.717) is 12.4 Å². The summed E-state index contributed by atoms with van der Waals surface area (Å²) in [4.78, 5) is 6.73. The fourth-order valence-corrected chi connectivity index (χ4v) is 4.47. The van der Waals surface area contributed by atoms with Gasteiger partial charge in [0.15, 0.2) is 23.6 Å². The van der Waals surface area contributed by atoms with Crippen LogP contribution in [0, 0.1) is 0 Å². The van der Waals surface area contributed by atoms with Gasteiger partial charge in [-0.15, -0.1) is 0 Å².